The summed E-state index contributed by atoms with van der Waals surface area (Å²) in [5.41, 5.74) is -0.605. The third kappa shape index (κ3) is 2.53. The highest BCUT2D eigenvalue weighted by Crippen LogP contribution is 2.46. The van der Waals surface area contributed by atoms with Crippen LogP contribution in [0.4, 0.5) is 13.2 Å². The second-order valence-corrected chi connectivity index (χ2v) is 8.18. The second-order valence-electron chi connectivity index (χ2n) is 5.62. The third-order valence-corrected chi connectivity index (χ3v) is 6.46. The number of rotatable bonds is 1. The van der Waals surface area contributed by atoms with E-state index in [0.717, 1.165) is 21.9 Å². The molecule has 3 nitrogen and oxygen atoms in total. The summed E-state index contributed by atoms with van der Waals surface area (Å²) in [6.45, 7) is 2.39. The number of hydrogen-bond acceptors (Lipinski definition) is 4. The molecule has 0 amide bonds. The first-order chi connectivity index (χ1) is 11.3. The molecule has 1 atom stereocenters. The summed E-state index contributed by atoms with van der Waals surface area (Å²) in [4.78, 5) is 18.5. The average Bonchev–Trinajstić information content (AvgIpc) is 2.96. The molecule has 0 bridgehead atoms. The highest BCUT2D eigenvalue weighted by atomic mass is 32.2. The Morgan fingerprint density at radius 1 is 1.29 bits per heavy atom. The number of thiophene rings is 1. The smallest absolute Gasteiger partial charge is 0.289 e. The van der Waals surface area contributed by atoms with Gasteiger partial charge in [-0.1, -0.05) is 0 Å². The molecule has 3 aromatic rings. The Morgan fingerprint density at radius 3 is 2.75 bits per heavy atom. The van der Waals surface area contributed by atoms with Crippen LogP contribution in [-0.4, -0.2) is 9.55 Å². The van der Waals surface area contributed by atoms with Crippen LogP contribution in [0.3, 0.4) is 0 Å². The average molecular weight is 368 g/mol. The van der Waals surface area contributed by atoms with Crippen molar-refractivity contribution < 1.29 is 13.2 Å². The molecular weight excluding hydrogens is 357 g/mol. The number of alkyl halides is 3. The maximum Gasteiger partial charge on any atom is 0.416 e. The zero-order chi connectivity index (χ0) is 17.1. The van der Waals surface area contributed by atoms with Gasteiger partial charge in [0.25, 0.3) is 0 Å². The van der Waals surface area contributed by atoms with Gasteiger partial charge in [0.15, 0.2) is 0 Å². The van der Waals surface area contributed by atoms with E-state index >= 15 is 0 Å². The second kappa shape index (κ2) is 5.35. The lowest BCUT2D eigenvalue weighted by molar-refractivity contribution is -0.137. The monoisotopic (exact) mass is 368 g/mol. The molecule has 3 heterocycles. The first-order valence-electron chi connectivity index (χ1n) is 7.17. The van der Waals surface area contributed by atoms with Crippen molar-refractivity contribution in [3.05, 3.63) is 56.3 Å². The number of benzene rings is 1. The van der Waals surface area contributed by atoms with Gasteiger partial charge in [-0.15, -0.1) is 23.1 Å². The highest BCUT2D eigenvalue weighted by molar-refractivity contribution is 8.00. The van der Waals surface area contributed by atoms with Crippen molar-refractivity contribution in [3.63, 3.8) is 0 Å². The standard InChI is InChI=1S/C16H11F3N2OS2/c1-8-2-3-11(23-8)13-7-21-14-9(6-20-15(21)22)4-10(16(17,18)19)5-12(14)24-13/h2-6,13H,7H2,1H3. The summed E-state index contributed by atoms with van der Waals surface area (Å²) in [7, 11) is 0. The zero-order valence-electron chi connectivity index (χ0n) is 12.4. The molecule has 8 heteroatoms. The van der Waals surface area contributed by atoms with E-state index in [1.54, 1.807) is 11.3 Å². The van der Waals surface area contributed by atoms with Crippen LogP contribution in [0.15, 0.2) is 40.2 Å². The molecule has 0 aliphatic carbocycles. The van der Waals surface area contributed by atoms with Crippen molar-refractivity contribution in [1.29, 1.82) is 0 Å². The molecule has 24 heavy (non-hydrogen) atoms. The van der Waals surface area contributed by atoms with Crippen molar-refractivity contribution in [2.45, 2.75) is 29.8 Å². The number of halogens is 3. The van der Waals surface area contributed by atoms with Crippen molar-refractivity contribution in [2.24, 2.45) is 0 Å². The van der Waals surface area contributed by atoms with Gasteiger partial charge in [0.1, 0.15) is 0 Å². The lowest BCUT2D eigenvalue weighted by Crippen LogP contribution is -2.27. The van der Waals surface area contributed by atoms with Crippen LogP contribution >= 0.6 is 23.1 Å². The summed E-state index contributed by atoms with van der Waals surface area (Å²) in [6, 6.07) is 6.13. The fourth-order valence-corrected chi connectivity index (χ4v) is 5.26. The number of thioether (sulfide) groups is 1. The first kappa shape index (κ1) is 15.7. The number of aromatic nitrogens is 2. The van der Waals surface area contributed by atoms with Gasteiger partial charge in [-0.05, 0) is 31.2 Å². The molecule has 1 aromatic carbocycles. The van der Waals surface area contributed by atoms with Crippen LogP contribution in [0.25, 0.3) is 10.9 Å². The fraction of sp³-hybridized carbons (Fsp3) is 0.250. The largest absolute Gasteiger partial charge is 0.416 e. The van der Waals surface area contributed by atoms with E-state index in [-0.39, 0.29) is 5.25 Å². The Morgan fingerprint density at radius 2 is 2.08 bits per heavy atom. The van der Waals surface area contributed by atoms with E-state index in [0.29, 0.717) is 22.3 Å². The topological polar surface area (TPSA) is 34.9 Å². The number of aryl methyl sites for hydroxylation is 1. The number of nitrogens with zero attached hydrogens (tertiary/aromatic N) is 2. The zero-order valence-corrected chi connectivity index (χ0v) is 14.1. The SMILES string of the molecule is Cc1ccc(C2Cn3c(=O)ncc4cc(C(F)(F)F)cc(c43)S2)s1. The minimum atomic E-state index is -4.43. The van der Waals surface area contributed by atoms with Gasteiger partial charge in [-0.2, -0.15) is 13.2 Å². The summed E-state index contributed by atoms with van der Waals surface area (Å²) < 4.78 is 41.0. The Bertz CT molecular complexity index is 1010. The normalized spacial score (nSPS) is 17.4. The van der Waals surface area contributed by atoms with E-state index in [9.17, 15) is 18.0 Å². The van der Waals surface area contributed by atoms with Crippen LogP contribution in [0.1, 0.15) is 20.6 Å². The molecule has 1 aliphatic rings. The fourth-order valence-electron chi connectivity index (χ4n) is 2.86. The summed E-state index contributed by atoms with van der Waals surface area (Å²) in [5.74, 6) is 0. The van der Waals surface area contributed by atoms with E-state index in [4.69, 9.17) is 0 Å². The molecule has 0 spiro atoms. The van der Waals surface area contributed by atoms with E-state index in [1.165, 1.54) is 22.5 Å². The van der Waals surface area contributed by atoms with Gasteiger partial charge in [0, 0.05) is 32.8 Å². The Balaban J connectivity index is 1.93. The van der Waals surface area contributed by atoms with Crippen LogP contribution in [-0.2, 0) is 12.7 Å². The van der Waals surface area contributed by atoms with Crippen molar-refractivity contribution in [3.8, 4) is 0 Å². The molecule has 0 fully saturated rings. The maximum absolute atomic E-state index is 13.2. The molecular formula is C16H11F3N2OS2. The Kier molecular flexibility index (Phi) is 3.50. The van der Waals surface area contributed by atoms with Crippen LogP contribution in [0.5, 0.6) is 0 Å². The van der Waals surface area contributed by atoms with E-state index < -0.39 is 17.4 Å². The molecule has 1 unspecified atom stereocenters. The first-order valence-corrected chi connectivity index (χ1v) is 8.86. The van der Waals surface area contributed by atoms with Crippen LogP contribution in [0.2, 0.25) is 0 Å². The lowest BCUT2D eigenvalue weighted by Gasteiger charge is -2.26. The maximum atomic E-state index is 13.2. The summed E-state index contributed by atoms with van der Waals surface area (Å²) in [6.07, 6.45) is -3.21. The molecule has 124 valence electrons. The minimum absolute atomic E-state index is 0.0928. The van der Waals surface area contributed by atoms with E-state index in [1.807, 2.05) is 19.1 Å². The van der Waals surface area contributed by atoms with Gasteiger partial charge in [-0.25, -0.2) is 9.78 Å². The van der Waals surface area contributed by atoms with Gasteiger partial charge in [-0.3, -0.25) is 4.57 Å². The molecule has 0 N–H and O–H groups in total. The van der Waals surface area contributed by atoms with Crippen molar-refractivity contribution >= 4 is 34.0 Å². The molecule has 4 rings (SSSR count). The van der Waals surface area contributed by atoms with Crippen LogP contribution in [0, 0.1) is 6.92 Å². The number of hydrogen-bond donors (Lipinski definition) is 0. The molecule has 0 radical (unpaired) electrons. The molecule has 1 aliphatic heterocycles. The Hall–Kier alpha value is -1.80. The van der Waals surface area contributed by atoms with Crippen LogP contribution < -0.4 is 5.69 Å². The van der Waals surface area contributed by atoms with Gasteiger partial charge in [0.2, 0.25) is 0 Å². The van der Waals surface area contributed by atoms with Crippen molar-refractivity contribution in [1.82, 2.24) is 9.55 Å². The quantitative estimate of drug-likeness (QED) is 0.628. The lowest BCUT2D eigenvalue weighted by atomic mass is 10.1. The molecule has 0 saturated heterocycles. The third-order valence-electron chi connectivity index (χ3n) is 3.94. The molecule has 0 saturated carbocycles. The minimum Gasteiger partial charge on any atom is -0.289 e. The summed E-state index contributed by atoms with van der Waals surface area (Å²) >= 11 is 2.97. The predicted octanol–water partition coefficient (Wildman–Crippen LogP) is 4.63. The van der Waals surface area contributed by atoms with Crippen molar-refractivity contribution in [2.75, 3.05) is 0 Å². The molecule has 2 aromatic heterocycles. The highest BCUT2D eigenvalue weighted by Gasteiger charge is 2.33. The van der Waals surface area contributed by atoms with E-state index in [2.05, 4.69) is 4.98 Å². The Labute approximate surface area is 143 Å². The summed E-state index contributed by atoms with van der Waals surface area (Å²) in [5, 5.41) is 0.248. The predicted molar refractivity (Wildman–Crippen MR) is 88.7 cm³/mol. The van der Waals surface area contributed by atoms with Gasteiger partial charge >= 0.3 is 11.9 Å². The van der Waals surface area contributed by atoms with Gasteiger partial charge < -0.3 is 0 Å². The van der Waals surface area contributed by atoms with Gasteiger partial charge in [0.05, 0.1) is 16.3 Å².